The van der Waals surface area contributed by atoms with Crippen LogP contribution in [0.4, 0.5) is 5.69 Å². The second kappa shape index (κ2) is 10.0. The molecule has 3 aromatic rings. The van der Waals surface area contributed by atoms with Crippen LogP contribution in [-0.4, -0.2) is 20.9 Å². The first-order chi connectivity index (χ1) is 14.8. The molecule has 1 N–H and O–H groups in total. The van der Waals surface area contributed by atoms with E-state index < -0.39 is 15.9 Å². The van der Waals surface area contributed by atoms with Crippen molar-refractivity contribution in [2.75, 3.05) is 10.8 Å². The molecule has 1 amide bonds. The Balaban J connectivity index is 1.89. The predicted molar refractivity (Wildman–Crippen MR) is 125 cm³/mol. The van der Waals surface area contributed by atoms with Crippen LogP contribution in [0.5, 0.6) is 0 Å². The highest BCUT2D eigenvalue weighted by Crippen LogP contribution is 2.27. The third-order valence-corrected chi connectivity index (χ3v) is 6.81. The topological polar surface area (TPSA) is 66.5 Å². The van der Waals surface area contributed by atoms with Crippen LogP contribution in [0.3, 0.4) is 0 Å². The summed E-state index contributed by atoms with van der Waals surface area (Å²) in [5.74, 6) is -0.489. The fourth-order valence-corrected chi connectivity index (χ4v) is 4.82. The highest BCUT2D eigenvalue weighted by Gasteiger charge is 2.25. The lowest BCUT2D eigenvalue weighted by Gasteiger charge is -2.23. The van der Waals surface area contributed by atoms with Gasteiger partial charge in [-0.25, -0.2) is 8.42 Å². The van der Waals surface area contributed by atoms with Gasteiger partial charge in [0.1, 0.15) is 0 Å². The zero-order valence-corrected chi connectivity index (χ0v) is 18.8. The summed E-state index contributed by atoms with van der Waals surface area (Å²) in [5.41, 5.74) is 1.36. The molecule has 0 radical (unpaired) electrons. The van der Waals surface area contributed by atoms with E-state index in [4.69, 9.17) is 23.2 Å². The largest absolute Gasteiger partial charge is 0.348 e. The Morgan fingerprint density at radius 3 is 2.42 bits per heavy atom. The first-order valence-electron chi connectivity index (χ1n) is 9.34. The lowest BCUT2D eigenvalue weighted by molar-refractivity contribution is 0.0951. The summed E-state index contributed by atoms with van der Waals surface area (Å²) in [6.45, 7) is 3.95. The van der Waals surface area contributed by atoms with Crippen LogP contribution in [0.1, 0.15) is 15.9 Å². The Kier molecular flexibility index (Phi) is 7.38. The first-order valence-corrected chi connectivity index (χ1v) is 11.5. The number of carbonyl (C=O) groups is 1. The van der Waals surface area contributed by atoms with Gasteiger partial charge in [-0.2, -0.15) is 0 Å². The number of sulfonamides is 1. The Hall–Kier alpha value is -2.80. The van der Waals surface area contributed by atoms with Gasteiger partial charge in [0.25, 0.3) is 15.9 Å². The third kappa shape index (κ3) is 5.47. The van der Waals surface area contributed by atoms with E-state index >= 15 is 0 Å². The Bertz CT molecular complexity index is 1200. The summed E-state index contributed by atoms with van der Waals surface area (Å²) in [6, 6.07) is 19.8. The number of carbonyl (C=O) groups excluding carboxylic acids is 1. The van der Waals surface area contributed by atoms with E-state index in [1.165, 1.54) is 28.6 Å². The first kappa shape index (κ1) is 22.9. The third-order valence-electron chi connectivity index (χ3n) is 4.45. The van der Waals surface area contributed by atoms with Gasteiger partial charge >= 0.3 is 0 Å². The molecule has 0 saturated heterocycles. The average molecular weight is 475 g/mol. The standard InChI is InChI=1S/C23H20Cl2N2O3S/c1-2-13-27(19-9-4-3-5-10-19)31(29,30)20-11-12-22(25)21(15-20)23(28)26-16-17-7-6-8-18(24)14-17/h2-12,14-15H,1,13,16H2,(H,26,28). The number of nitrogens with one attached hydrogen (secondary N) is 1. The van der Waals surface area contributed by atoms with Crippen molar-refractivity contribution in [2.45, 2.75) is 11.4 Å². The van der Waals surface area contributed by atoms with Gasteiger partial charge in [-0.15, -0.1) is 6.58 Å². The van der Waals surface area contributed by atoms with Crippen molar-refractivity contribution < 1.29 is 13.2 Å². The van der Waals surface area contributed by atoms with E-state index in [-0.39, 0.29) is 28.6 Å². The predicted octanol–water partition coefficient (Wildman–Crippen LogP) is 5.30. The molecule has 0 aliphatic rings. The van der Waals surface area contributed by atoms with Gasteiger partial charge in [-0.3, -0.25) is 9.10 Å². The fraction of sp³-hybridized carbons (Fsp3) is 0.0870. The quantitative estimate of drug-likeness (QED) is 0.450. The minimum Gasteiger partial charge on any atom is -0.348 e. The molecule has 160 valence electrons. The average Bonchev–Trinajstić information content (AvgIpc) is 2.76. The molecule has 3 aromatic carbocycles. The molecule has 0 atom stereocenters. The molecule has 0 unspecified atom stereocenters. The van der Waals surface area contributed by atoms with Crippen LogP contribution in [-0.2, 0) is 16.6 Å². The number of para-hydroxylation sites is 1. The van der Waals surface area contributed by atoms with Gasteiger partial charge in [0, 0.05) is 11.6 Å². The molecule has 0 bridgehead atoms. The minimum atomic E-state index is -3.96. The second-order valence-corrected chi connectivity index (χ2v) is 9.32. The highest BCUT2D eigenvalue weighted by molar-refractivity contribution is 7.92. The van der Waals surface area contributed by atoms with Crippen LogP contribution in [0.15, 0.2) is 90.3 Å². The second-order valence-electron chi connectivity index (χ2n) is 6.61. The summed E-state index contributed by atoms with van der Waals surface area (Å²) in [6.07, 6.45) is 1.50. The molecule has 0 saturated carbocycles. The van der Waals surface area contributed by atoms with Gasteiger partial charge < -0.3 is 5.32 Å². The normalized spacial score (nSPS) is 11.0. The summed E-state index contributed by atoms with van der Waals surface area (Å²) in [7, 11) is -3.96. The Morgan fingerprint density at radius 2 is 1.74 bits per heavy atom. The molecule has 8 heteroatoms. The number of halogens is 2. The molecule has 0 heterocycles. The monoisotopic (exact) mass is 474 g/mol. The van der Waals surface area contributed by atoms with Crippen LogP contribution < -0.4 is 9.62 Å². The molecule has 0 spiro atoms. The number of benzene rings is 3. The molecule has 0 aliphatic carbocycles. The zero-order chi connectivity index (χ0) is 22.4. The molecule has 0 fully saturated rings. The Morgan fingerprint density at radius 1 is 1.00 bits per heavy atom. The van der Waals surface area contributed by atoms with Crippen molar-refractivity contribution in [1.82, 2.24) is 5.32 Å². The molecule has 3 rings (SSSR count). The van der Waals surface area contributed by atoms with E-state index in [1.807, 2.05) is 6.07 Å². The number of hydrogen-bond acceptors (Lipinski definition) is 3. The van der Waals surface area contributed by atoms with Gasteiger partial charge in [0.2, 0.25) is 0 Å². The lowest BCUT2D eigenvalue weighted by atomic mass is 10.2. The number of hydrogen-bond donors (Lipinski definition) is 1. The van der Waals surface area contributed by atoms with Gasteiger partial charge in [-0.1, -0.05) is 59.6 Å². The van der Waals surface area contributed by atoms with E-state index in [9.17, 15) is 13.2 Å². The van der Waals surface area contributed by atoms with Gasteiger partial charge in [-0.05, 0) is 48.0 Å². The lowest BCUT2D eigenvalue weighted by Crippen LogP contribution is -2.31. The molecular formula is C23H20Cl2N2O3S. The van der Waals surface area contributed by atoms with E-state index in [0.29, 0.717) is 10.7 Å². The van der Waals surface area contributed by atoms with E-state index in [1.54, 1.807) is 48.5 Å². The minimum absolute atomic E-state index is 0.0458. The summed E-state index contributed by atoms with van der Waals surface area (Å²) >= 11 is 12.2. The number of anilines is 1. The maximum absolute atomic E-state index is 13.3. The van der Waals surface area contributed by atoms with Crippen molar-refractivity contribution in [2.24, 2.45) is 0 Å². The summed E-state index contributed by atoms with van der Waals surface area (Å²) < 4.78 is 27.8. The number of rotatable bonds is 8. The van der Waals surface area contributed by atoms with Crippen LogP contribution in [0.25, 0.3) is 0 Å². The maximum Gasteiger partial charge on any atom is 0.264 e. The van der Waals surface area contributed by atoms with Crippen molar-refractivity contribution >= 4 is 44.8 Å². The number of amides is 1. The van der Waals surface area contributed by atoms with Crippen molar-refractivity contribution in [3.05, 3.63) is 107 Å². The highest BCUT2D eigenvalue weighted by atomic mass is 35.5. The van der Waals surface area contributed by atoms with Crippen molar-refractivity contribution in [3.63, 3.8) is 0 Å². The molecule has 5 nitrogen and oxygen atoms in total. The van der Waals surface area contributed by atoms with Crippen molar-refractivity contribution in [3.8, 4) is 0 Å². The SMILES string of the molecule is C=CCN(c1ccccc1)S(=O)(=O)c1ccc(Cl)c(C(=O)NCc2cccc(Cl)c2)c1. The molecular weight excluding hydrogens is 455 g/mol. The molecule has 0 aliphatic heterocycles. The number of nitrogens with zero attached hydrogens (tertiary/aromatic N) is 1. The van der Waals surface area contributed by atoms with Gasteiger partial charge in [0.15, 0.2) is 0 Å². The van der Waals surface area contributed by atoms with Crippen molar-refractivity contribution in [1.29, 1.82) is 0 Å². The zero-order valence-electron chi connectivity index (χ0n) is 16.5. The smallest absolute Gasteiger partial charge is 0.264 e. The van der Waals surface area contributed by atoms with Crippen LogP contribution in [0.2, 0.25) is 10.0 Å². The maximum atomic E-state index is 13.3. The Labute approximate surface area is 192 Å². The van der Waals surface area contributed by atoms with E-state index in [2.05, 4.69) is 11.9 Å². The van der Waals surface area contributed by atoms with Crippen LogP contribution in [0, 0.1) is 0 Å². The summed E-state index contributed by atoms with van der Waals surface area (Å²) in [5, 5.41) is 3.45. The van der Waals surface area contributed by atoms with E-state index in [0.717, 1.165) is 5.56 Å². The van der Waals surface area contributed by atoms with Gasteiger partial charge in [0.05, 0.1) is 27.7 Å². The molecule has 31 heavy (non-hydrogen) atoms. The summed E-state index contributed by atoms with van der Waals surface area (Å²) in [4.78, 5) is 12.7. The molecule has 0 aromatic heterocycles. The fourth-order valence-electron chi connectivity index (χ4n) is 2.94. The van der Waals surface area contributed by atoms with Crippen LogP contribution >= 0.6 is 23.2 Å².